The lowest BCUT2D eigenvalue weighted by Crippen LogP contribution is -2.31. The van der Waals surface area contributed by atoms with Crippen LogP contribution in [0.3, 0.4) is 0 Å². The van der Waals surface area contributed by atoms with E-state index in [1.807, 2.05) is 23.6 Å². The largest absolute Gasteiger partial charge is 0.359 e. The highest BCUT2D eigenvalue weighted by Gasteiger charge is 2.10. The van der Waals surface area contributed by atoms with Gasteiger partial charge >= 0.3 is 6.03 Å². The van der Waals surface area contributed by atoms with Crippen molar-refractivity contribution in [3.8, 4) is 10.6 Å². The summed E-state index contributed by atoms with van der Waals surface area (Å²) in [6.07, 6.45) is 0.864. The third-order valence-electron chi connectivity index (χ3n) is 4.41. The van der Waals surface area contributed by atoms with Crippen molar-refractivity contribution in [3.05, 3.63) is 70.7 Å². The maximum Gasteiger partial charge on any atom is 0.319 e. The van der Waals surface area contributed by atoms with Gasteiger partial charge in [-0.2, -0.15) is 0 Å². The molecule has 3 rings (SSSR count). The predicted molar refractivity (Wildman–Crippen MR) is 117 cm³/mol. The number of nitrogens with zero attached hydrogens (tertiary/aromatic N) is 1. The van der Waals surface area contributed by atoms with Crippen LogP contribution in [0.2, 0.25) is 0 Å². The predicted octanol–water partition coefficient (Wildman–Crippen LogP) is 3.77. The van der Waals surface area contributed by atoms with Gasteiger partial charge in [-0.05, 0) is 18.6 Å². The average molecular weight is 409 g/mol. The summed E-state index contributed by atoms with van der Waals surface area (Å²) in [5, 5.41) is 11.2. The van der Waals surface area contributed by atoms with Crippen molar-refractivity contribution in [1.82, 2.24) is 15.6 Å². The van der Waals surface area contributed by atoms with Crippen molar-refractivity contribution in [3.63, 3.8) is 0 Å². The van der Waals surface area contributed by atoms with E-state index in [9.17, 15) is 9.59 Å². The van der Waals surface area contributed by atoms with Crippen molar-refractivity contribution < 1.29 is 9.59 Å². The summed E-state index contributed by atoms with van der Waals surface area (Å²) in [7, 11) is 1.59. The maximum atomic E-state index is 12.2. The van der Waals surface area contributed by atoms with E-state index >= 15 is 0 Å². The van der Waals surface area contributed by atoms with Crippen LogP contribution < -0.4 is 16.0 Å². The summed E-state index contributed by atoms with van der Waals surface area (Å²) in [4.78, 5) is 28.5. The number of aryl methyl sites for hydroxylation is 1. The molecule has 3 aromatic rings. The molecule has 0 saturated heterocycles. The van der Waals surface area contributed by atoms with E-state index < -0.39 is 0 Å². The number of rotatable bonds is 7. The van der Waals surface area contributed by atoms with Crippen LogP contribution in [0.25, 0.3) is 10.6 Å². The minimum atomic E-state index is -0.302. The molecule has 3 amide bonds. The van der Waals surface area contributed by atoms with Crippen LogP contribution in [-0.4, -0.2) is 30.5 Å². The van der Waals surface area contributed by atoms with Crippen LogP contribution in [0, 0.1) is 6.92 Å². The highest BCUT2D eigenvalue weighted by Crippen LogP contribution is 2.24. The first-order valence-electron chi connectivity index (χ1n) is 9.40. The van der Waals surface area contributed by atoms with Crippen LogP contribution in [-0.2, 0) is 17.6 Å². The molecule has 0 radical (unpaired) electrons. The van der Waals surface area contributed by atoms with Gasteiger partial charge in [0.1, 0.15) is 5.01 Å². The number of anilines is 1. The number of urea groups is 1. The summed E-state index contributed by atoms with van der Waals surface area (Å²) in [5.41, 5.74) is 4.67. The second-order valence-corrected chi connectivity index (χ2v) is 7.51. The highest BCUT2D eigenvalue weighted by atomic mass is 32.1. The Kier molecular flexibility index (Phi) is 6.97. The lowest BCUT2D eigenvalue weighted by Gasteiger charge is -2.11. The van der Waals surface area contributed by atoms with E-state index in [0.29, 0.717) is 18.7 Å². The first-order valence-corrected chi connectivity index (χ1v) is 10.3. The molecule has 0 fully saturated rings. The third kappa shape index (κ3) is 5.89. The number of hydrogen-bond donors (Lipinski definition) is 3. The lowest BCUT2D eigenvalue weighted by atomic mass is 10.1. The molecular formula is C22H24N4O2S. The fraction of sp³-hybridized carbons (Fsp3) is 0.227. The molecule has 0 aliphatic carbocycles. The molecule has 0 bridgehead atoms. The van der Waals surface area contributed by atoms with Gasteiger partial charge in [-0.1, -0.05) is 48.0 Å². The molecule has 0 aliphatic rings. The molecule has 150 valence electrons. The first kappa shape index (κ1) is 20.5. The summed E-state index contributed by atoms with van der Waals surface area (Å²) in [6, 6.07) is 15.3. The number of carbonyl (C=O) groups is 2. The van der Waals surface area contributed by atoms with E-state index in [-0.39, 0.29) is 18.4 Å². The Morgan fingerprint density at radius 1 is 1.07 bits per heavy atom. The standard InChI is InChI=1S/C22H24N4O2S/c1-15-7-9-16(10-8-15)21-25-18(14-29-21)11-12-24-22(28)26-19-6-4-3-5-17(19)13-20(27)23-2/h3-10,14H,11-13H2,1-2H3,(H,23,27)(H2,24,26,28). The molecule has 0 atom stereocenters. The molecule has 0 unspecified atom stereocenters. The maximum absolute atomic E-state index is 12.2. The van der Waals surface area contributed by atoms with Gasteiger partial charge in [0.15, 0.2) is 0 Å². The van der Waals surface area contributed by atoms with Gasteiger partial charge in [-0.3, -0.25) is 4.79 Å². The van der Waals surface area contributed by atoms with E-state index in [1.165, 1.54) is 5.56 Å². The number of benzene rings is 2. The molecule has 1 heterocycles. The Balaban J connectivity index is 1.51. The van der Waals surface area contributed by atoms with Gasteiger partial charge in [-0.15, -0.1) is 11.3 Å². The first-order chi connectivity index (χ1) is 14.0. The number of aromatic nitrogens is 1. The smallest absolute Gasteiger partial charge is 0.319 e. The molecule has 2 aromatic carbocycles. The van der Waals surface area contributed by atoms with Gasteiger partial charge in [0.05, 0.1) is 12.1 Å². The molecule has 0 aliphatic heterocycles. The van der Waals surface area contributed by atoms with Gasteiger partial charge in [-0.25, -0.2) is 9.78 Å². The summed E-state index contributed by atoms with van der Waals surface area (Å²) in [6.45, 7) is 2.53. The molecule has 7 heteroatoms. The van der Waals surface area contributed by atoms with Crippen LogP contribution in [0.5, 0.6) is 0 Å². The van der Waals surface area contributed by atoms with Gasteiger partial charge in [0.25, 0.3) is 0 Å². The topological polar surface area (TPSA) is 83.1 Å². The fourth-order valence-electron chi connectivity index (χ4n) is 2.78. The normalized spacial score (nSPS) is 10.4. The lowest BCUT2D eigenvalue weighted by molar-refractivity contribution is -0.119. The number of carbonyl (C=O) groups excluding carboxylic acids is 2. The number of hydrogen-bond acceptors (Lipinski definition) is 4. The Hall–Kier alpha value is -3.19. The Bertz CT molecular complexity index is 982. The number of amides is 3. The summed E-state index contributed by atoms with van der Waals surface area (Å²) in [5.74, 6) is -0.104. The van der Waals surface area contributed by atoms with Gasteiger partial charge < -0.3 is 16.0 Å². The van der Waals surface area contributed by atoms with Crippen molar-refractivity contribution >= 4 is 29.0 Å². The molecular weight excluding hydrogens is 384 g/mol. The molecule has 1 aromatic heterocycles. The van der Waals surface area contributed by atoms with Crippen molar-refractivity contribution in [1.29, 1.82) is 0 Å². The molecule has 6 nitrogen and oxygen atoms in total. The van der Waals surface area contributed by atoms with Crippen LogP contribution in [0.15, 0.2) is 53.9 Å². The second kappa shape index (κ2) is 9.84. The Morgan fingerprint density at radius 3 is 2.59 bits per heavy atom. The zero-order chi connectivity index (χ0) is 20.6. The highest BCUT2D eigenvalue weighted by molar-refractivity contribution is 7.13. The summed E-state index contributed by atoms with van der Waals surface area (Å²) >= 11 is 1.60. The number of para-hydroxylation sites is 1. The monoisotopic (exact) mass is 408 g/mol. The zero-order valence-electron chi connectivity index (χ0n) is 16.5. The number of thiazole rings is 1. The molecule has 0 saturated carbocycles. The van der Waals surface area contributed by atoms with Gasteiger partial charge in [0, 0.05) is 36.6 Å². The number of nitrogens with one attached hydrogen (secondary N) is 3. The Morgan fingerprint density at radius 2 is 1.83 bits per heavy atom. The SMILES string of the molecule is CNC(=O)Cc1ccccc1NC(=O)NCCc1csc(-c2ccc(C)cc2)n1. The van der Waals surface area contributed by atoms with Crippen LogP contribution in [0.1, 0.15) is 16.8 Å². The average Bonchev–Trinajstić information content (AvgIpc) is 3.19. The zero-order valence-corrected chi connectivity index (χ0v) is 17.3. The minimum absolute atomic E-state index is 0.104. The molecule has 0 spiro atoms. The molecule has 29 heavy (non-hydrogen) atoms. The van der Waals surface area contributed by atoms with Crippen LogP contribution >= 0.6 is 11.3 Å². The minimum Gasteiger partial charge on any atom is -0.359 e. The van der Waals surface area contributed by atoms with E-state index in [0.717, 1.165) is 21.8 Å². The van der Waals surface area contributed by atoms with Gasteiger partial charge in [0.2, 0.25) is 5.91 Å². The van der Waals surface area contributed by atoms with Crippen molar-refractivity contribution in [2.24, 2.45) is 0 Å². The van der Waals surface area contributed by atoms with E-state index in [2.05, 4.69) is 52.1 Å². The quantitative estimate of drug-likeness (QED) is 0.556. The van der Waals surface area contributed by atoms with E-state index in [4.69, 9.17) is 0 Å². The van der Waals surface area contributed by atoms with Crippen molar-refractivity contribution in [2.75, 3.05) is 18.9 Å². The second-order valence-electron chi connectivity index (χ2n) is 6.65. The third-order valence-corrected chi connectivity index (χ3v) is 5.35. The Labute approximate surface area is 174 Å². The van der Waals surface area contributed by atoms with Crippen molar-refractivity contribution in [2.45, 2.75) is 19.8 Å². The summed E-state index contributed by atoms with van der Waals surface area (Å²) < 4.78 is 0. The fourth-order valence-corrected chi connectivity index (χ4v) is 3.64. The van der Waals surface area contributed by atoms with Crippen LogP contribution in [0.4, 0.5) is 10.5 Å². The number of likely N-dealkylation sites (N-methyl/N-ethyl adjacent to an activating group) is 1. The van der Waals surface area contributed by atoms with E-state index in [1.54, 1.807) is 24.5 Å². The molecule has 3 N–H and O–H groups in total.